The Kier molecular flexibility index (Phi) is 4.36. The Morgan fingerprint density at radius 1 is 1.55 bits per heavy atom. The highest BCUT2D eigenvalue weighted by Crippen LogP contribution is 2.32. The summed E-state index contributed by atoms with van der Waals surface area (Å²) in [5.74, 6) is -0.395. The summed E-state index contributed by atoms with van der Waals surface area (Å²) in [5.41, 5.74) is 0. The summed E-state index contributed by atoms with van der Waals surface area (Å²) in [6, 6.07) is 0. The smallest absolute Gasteiger partial charge is 0.232 e. The van der Waals surface area contributed by atoms with Crippen LogP contribution in [-0.2, 0) is 13.8 Å². The molecule has 1 aliphatic rings. The van der Waals surface area contributed by atoms with Crippen molar-refractivity contribution in [2.45, 2.75) is 6.42 Å². The van der Waals surface area contributed by atoms with E-state index in [2.05, 4.69) is 9.97 Å². The summed E-state index contributed by atoms with van der Waals surface area (Å²) < 4.78 is 27.2. The molecular weight excluding hydrogens is 329 g/mol. The van der Waals surface area contributed by atoms with Crippen molar-refractivity contribution in [1.29, 1.82) is 0 Å². The molecule has 2 heterocycles. The maximum atomic E-state index is 12.0. The predicted octanol–water partition coefficient (Wildman–Crippen LogP) is 1.06. The number of methoxy groups -OCH3 is 1. The average molecular weight is 340 g/mol. The molecule has 110 valence electrons. The molecule has 0 radical (unpaired) electrons. The van der Waals surface area contributed by atoms with Crippen LogP contribution >= 0.6 is 22.3 Å². The molecule has 0 N–H and O–H groups in total. The number of halogens is 2. The quantitative estimate of drug-likeness (QED) is 0.601. The van der Waals surface area contributed by atoms with Gasteiger partial charge in [0.15, 0.2) is 11.6 Å². The minimum Gasteiger partial charge on any atom is -0.491 e. The third kappa shape index (κ3) is 3.50. The van der Waals surface area contributed by atoms with Gasteiger partial charge in [-0.2, -0.15) is 4.98 Å². The average Bonchev–Trinajstić information content (AvgIpc) is 2.67. The molecule has 2 rings (SSSR count). The van der Waals surface area contributed by atoms with E-state index in [1.807, 2.05) is 0 Å². The summed E-state index contributed by atoms with van der Waals surface area (Å²) in [6.45, 7) is 0.189. The molecule has 1 amide bonds. The lowest BCUT2D eigenvalue weighted by molar-refractivity contribution is -0.117. The Morgan fingerprint density at radius 3 is 2.85 bits per heavy atom. The standard InChI is InChI=1S/C10H11Cl2N3O4S/c1-19-7-3-13-10(11)14-9(7)15-4-6(2-8(15)16)5-20(12,17)18/h3,6H,2,4-5H2,1H3. The Bertz CT molecular complexity index is 637. The molecule has 1 aromatic rings. The molecule has 0 aliphatic carbocycles. The topological polar surface area (TPSA) is 89.5 Å². The fraction of sp³-hybridized carbons (Fsp3) is 0.500. The zero-order chi connectivity index (χ0) is 14.9. The van der Waals surface area contributed by atoms with Gasteiger partial charge in [-0.1, -0.05) is 0 Å². The van der Waals surface area contributed by atoms with Crippen molar-refractivity contribution in [2.24, 2.45) is 5.92 Å². The van der Waals surface area contributed by atoms with E-state index in [4.69, 9.17) is 27.0 Å². The van der Waals surface area contributed by atoms with Crippen molar-refractivity contribution < 1.29 is 17.9 Å². The minimum atomic E-state index is -3.66. The van der Waals surface area contributed by atoms with Crippen molar-refractivity contribution >= 4 is 43.1 Å². The monoisotopic (exact) mass is 339 g/mol. The minimum absolute atomic E-state index is 0.0259. The molecule has 20 heavy (non-hydrogen) atoms. The Balaban J connectivity index is 2.26. The highest BCUT2D eigenvalue weighted by Gasteiger charge is 2.35. The molecule has 1 fully saturated rings. The van der Waals surface area contributed by atoms with Crippen LogP contribution in [0.3, 0.4) is 0 Å². The van der Waals surface area contributed by atoms with Gasteiger partial charge in [0.05, 0.1) is 19.1 Å². The molecule has 10 heteroatoms. The lowest BCUT2D eigenvalue weighted by Crippen LogP contribution is -2.27. The zero-order valence-corrected chi connectivity index (χ0v) is 12.7. The Hall–Kier alpha value is -1.12. The third-order valence-corrected chi connectivity index (χ3v) is 4.25. The molecule has 1 saturated heterocycles. The lowest BCUT2D eigenvalue weighted by atomic mass is 10.1. The highest BCUT2D eigenvalue weighted by atomic mass is 35.7. The van der Waals surface area contributed by atoms with Gasteiger partial charge in [0, 0.05) is 29.6 Å². The van der Waals surface area contributed by atoms with Crippen molar-refractivity contribution in [3.8, 4) is 5.75 Å². The van der Waals surface area contributed by atoms with Gasteiger partial charge in [-0.15, -0.1) is 0 Å². The summed E-state index contributed by atoms with van der Waals surface area (Å²) in [4.78, 5) is 21.0. The van der Waals surface area contributed by atoms with E-state index >= 15 is 0 Å². The number of aromatic nitrogens is 2. The predicted molar refractivity (Wildman–Crippen MR) is 73.7 cm³/mol. The molecule has 1 aromatic heterocycles. The zero-order valence-electron chi connectivity index (χ0n) is 10.4. The van der Waals surface area contributed by atoms with Crippen molar-refractivity contribution in [2.75, 3.05) is 24.3 Å². The van der Waals surface area contributed by atoms with Gasteiger partial charge in [0.1, 0.15) is 0 Å². The molecule has 1 atom stereocenters. The molecule has 1 unspecified atom stereocenters. The fourth-order valence-corrected chi connectivity index (χ4v) is 3.51. The fourth-order valence-electron chi connectivity index (χ4n) is 2.06. The number of hydrogen-bond donors (Lipinski definition) is 0. The second-order valence-electron chi connectivity index (χ2n) is 4.31. The van der Waals surface area contributed by atoms with Crippen molar-refractivity contribution in [3.05, 3.63) is 11.5 Å². The van der Waals surface area contributed by atoms with Crippen LogP contribution in [0.2, 0.25) is 5.28 Å². The first-order chi connectivity index (χ1) is 9.30. The third-order valence-electron chi connectivity index (χ3n) is 2.82. The first-order valence-electron chi connectivity index (χ1n) is 5.59. The highest BCUT2D eigenvalue weighted by molar-refractivity contribution is 8.13. The van der Waals surface area contributed by atoms with E-state index in [1.165, 1.54) is 18.2 Å². The summed E-state index contributed by atoms with van der Waals surface area (Å²) >= 11 is 5.71. The number of hydrogen-bond acceptors (Lipinski definition) is 6. The van der Waals surface area contributed by atoms with Crippen molar-refractivity contribution in [1.82, 2.24) is 9.97 Å². The summed E-state index contributed by atoms with van der Waals surface area (Å²) in [5, 5.41) is -0.0259. The first-order valence-corrected chi connectivity index (χ1v) is 8.45. The van der Waals surface area contributed by atoms with Crippen molar-refractivity contribution in [3.63, 3.8) is 0 Å². The van der Waals surface area contributed by atoms with Crippen LogP contribution in [0.4, 0.5) is 5.82 Å². The second-order valence-corrected chi connectivity index (χ2v) is 7.47. The molecule has 1 aliphatic heterocycles. The number of nitrogens with zero attached hydrogens (tertiary/aromatic N) is 3. The molecule has 7 nitrogen and oxygen atoms in total. The van der Waals surface area contributed by atoms with Crippen LogP contribution in [-0.4, -0.2) is 43.7 Å². The van der Waals surface area contributed by atoms with Crippen LogP contribution in [0.15, 0.2) is 6.20 Å². The second kappa shape index (κ2) is 5.71. The number of carbonyl (C=O) groups excluding carboxylic acids is 1. The summed E-state index contributed by atoms with van der Waals surface area (Å²) in [7, 11) is 2.97. The number of amides is 1. The molecular formula is C10H11Cl2N3O4S. The van der Waals surface area contributed by atoms with E-state index in [-0.39, 0.29) is 47.4 Å². The van der Waals surface area contributed by atoms with Crippen LogP contribution < -0.4 is 9.64 Å². The maximum Gasteiger partial charge on any atom is 0.232 e. The van der Waals surface area contributed by atoms with Crippen LogP contribution in [0, 0.1) is 5.92 Å². The first kappa shape index (κ1) is 15.3. The van der Waals surface area contributed by atoms with E-state index in [0.29, 0.717) is 0 Å². The van der Waals surface area contributed by atoms with Gasteiger partial charge in [-0.3, -0.25) is 9.69 Å². The number of rotatable bonds is 4. The molecule has 0 spiro atoms. The molecule has 0 saturated carbocycles. The normalized spacial score (nSPS) is 19.4. The lowest BCUT2D eigenvalue weighted by Gasteiger charge is -2.17. The number of carbonyl (C=O) groups is 1. The SMILES string of the molecule is COc1cnc(Cl)nc1N1CC(CS(=O)(=O)Cl)CC1=O. The van der Waals surface area contributed by atoms with Crippen LogP contribution in [0.1, 0.15) is 6.42 Å². The Labute approximate surface area is 125 Å². The maximum absolute atomic E-state index is 12.0. The van der Waals surface area contributed by atoms with E-state index in [1.54, 1.807) is 0 Å². The van der Waals surface area contributed by atoms with E-state index in [9.17, 15) is 13.2 Å². The summed E-state index contributed by atoms with van der Waals surface area (Å²) in [6.07, 6.45) is 1.43. The molecule has 0 aromatic carbocycles. The van der Waals surface area contributed by atoms with Crippen LogP contribution in [0.5, 0.6) is 5.75 Å². The van der Waals surface area contributed by atoms with Gasteiger partial charge in [-0.05, 0) is 11.6 Å². The largest absolute Gasteiger partial charge is 0.491 e. The number of ether oxygens (including phenoxy) is 1. The van der Waals surface area contributed by atoms with Gasteiger partial charge in [0.25, 0.3) is 0 Å². The van der Waals surface area contributed by atoms with E-state index in [0.717, 1.165) is 0 Å². The van der Waals surface area contributed by atoms with Gasteiger partial charge in [-0.25, -0.2) is 13.4 Å². The van der Waals surface area contributed by atoms with Gasteiger partial charge < -0.3 is 4.74 Å². The van der Waals surface area contributed by atoms with Crippen LogP contribution in [0.25, 0.3) is 0 Å². The van der Waals surface area contributed by atoms with Gasteiger partial charge >= 0.3 is 0 Å². The Morgan fingerprint density at radius 2 is 2.25 bits per heavy atom. The van der Waals surface area contributed by atoms with E-state index < -0.39 is 9.05 Å². The number of anilines is 1. The van der Waals surface area contributed by atoms with Gasteiger partial charge in [0.2, 0.25) is 20.2 Å². The molecule has 0 bridgehead atoms.